The molecule has 0 saturated carbocycles. The van der Waals surface area contributed by atoms with Gasteiger partial charge in [0.25, 0.3) is 0 Å². The molecule has 0 aliphatic rings. The fourth-order valence-corrected chi connectivity index (χ4v) is 1.77. The van der Waals surface area contributed by atoms with Gasteiger partial charge in [-0.1, -0.05) is 0 Å². The quantitative estimate of drug-likeness (QED) is 0.333. The lowest BCUT2D eigenvalue weighted by Gasteiger charge is -2.19. The normalized spacial score (nSPS) is 12.8. The maximum atomic E-state index is 10.3. The Bertz CT molecular complexity index is 195. The number of carboxylic acids is 1. The summed E-state index contributed by atoms with van der Waals surface area (Å²) in [5.41, 5.74) is 0. The third kappa shape index (κ3) is 6.24. The summed E-state index contributed by atoms with van der Waals surface area (Å²) < 4.78 is 5.38. The van der Waals surface area contributed by atoms with Crippen molar-refractivity contribution in [2.75, 3.05) is 5.88 Å². The zero-order chi connectivity index (χ0) is 9.78. The van der Waals surface area contributed by atoms with Gasteiger partial charge in [0.05, 0.1) is 12.0 Å². The number of carboxylic acid groups (broad SMARTS) is 1. The number of aliphatic carboxylic acids is 1. The van der Waals surface area contributed by atoms with Crippen molar-refractivity contribution in [3.63, 3.8) is 0 Å². The SMILES string of the molecule is C[Si](C)(C)O/C(=C/C(=O)O)CCl. The molecule has 0 radical (unpaired) electrons. The first kappa shape index (κ1) is 11.5. The molecule has 0 amide bonds. The summed E-state index contributed by atoms with van der Waals surface area (Å²) in [7, 11) is -1.72. The Hall–Kier alpha value is -0.483. The van der Waals surface area contributed by atoms with Crippen LogP contribution in [0.4, 0.5) is 0 Å². The highest BCUT2D eigenvalue weighted by atomic mass is 35.5. The van der Waals surface area contributed by atoms with Crippen LogP contribution in [-0.2, 0) is 9.22 Å². The lowest BCUT2D eigenvalue weighted by Crippen LogP contribution is -2.25. The number of rotatable bonds is 4. The highest BCUT2D eigenvalue weighted by Crippen LogP contribution is 2.11. The monoisotopic (exact) mass is 208 g/mol. The van der Waals surface area contributed by atoms with Gasteiger partial charge in [0, 0.05) is 0 Å². The van der Waals surface area contributed by atoms with Gasteiger partial charge in [0.2, 0.25) is 8.32 Å². The number of halogens is 1. The number of hydrogen-bond acceptors (Lipinski definition) is 2. The van der Waals surface area contributed by atoms with E-state index in [0.717, 1.165) is 6.08 Å². The first-order chi connectivity index (χ1) is 5.35. The topological polar surface area (TPSA) is 46.5 Å². The van der Waals surface area contributed by atoms with E-state index in [1.165, 1.54) is 0 Å². The zero-order valence-electron chi connectivity index (χ0n) is 7.43. The molecule has 0 saturated heterocycles. The summed E-state index contributed by atoms with van der Waals surface area (Å²) in [5, 5.41) is 8.41. The molecular formula is C7H13ClO3Si. The van der Waals surface area contributed by atoms with Gasteiger partial charge in [-0.3, -0.25) is 0 Å². The van der Waals surface area contributed by atoms with Crippen LogP contribution in [0.25, 0.3) is 0 Å². The molecule has 0 atom stereocenters. The van der Waals surface area contributed by atoms with Gasteiger partial charge in [0.1, 0.15) is 5.76 Å². The van der Waals surface area contributed by atoms with Crippen molar-refractivity contribution in [3.05, 3.63) is 11.8 Å². The number of alkyl halides is 1. The molecule has 12 heavy (non-hydrogen) atoms. The van der Waals surface area contributed by atoms with Crippen LogP contribution in [0, 0.1) is 0 Å². The van der Waals surface area contributed by atoms with E-state index in [0.29, 0.717) is 5.76 Å². The predicted molar refractivity (Wildman–Crippen MR) is 50.9 cm³/mol. The molecule has 0 aromatic carbocycles. The summed E-state index contributed by atoms with van der Waals surface area (Å²) in [6.07, 6.45) is 1.01. The molecule has 3 nitrogen and oxygen atoms in total. The molecule has 0 unspecified atom stereocenters. The maximum Gasteiger partial charge on any atom is 0.331 e. The molecule has 0 aromatic rings. The molecule has 70 valence electrons. The molecule has 0 aliphatic carbocycles. The molecule has 0 fully saturated rings. The lowest BCUT2D eigenvalue weighted by atomic mass is 10.5. The number of carbonyl (C=O) groups is 1. The summed E-state index contributed by atoms with van der Waals surface area (Å²) >= 11 is 5.48. The van der Waals surface area contributed by atoms with Crippen LogP contribution in [0.2, 0.25) is 19.6 Å². The van der Waals surface area contributed by atoms with Crippen LogP contribution in [0.3, 0.4) is 0 Å². The Labute approximate surface area is 78.1 Å². The number of allylic oxidation sites excluding steroid dienone is 1. The third-order valence-electron chi connectivity index (χ3n) is 0.853. The summed E-state index contributed by atoms with van der Waals surface area (Å²) in [6.45, 7) is 5.90. The molecule has 0 aromatic heterocycles. The average molecular weight is 209 g/mol. The standard InChI is InChI=1S/C7H13ClO3Si/c1-12(2,3)11-6(5-8)4-7(9)10/h4H,5H2,1-3H3,(H,9,10)/b6-4+. The molecule has 0 bridgehead atoms. The van der Waals surface area contributed by atoms with E-state index in [1.54, 1.807) is 0 Å². The first-order valence-corrected chi connectivity index (χ1v) is 7.48. The molecule has 0 rings (SSSR count). The minimum Gasteiger partial charge on any atom is -0.546 e. The predicted octanol–water partition coefficient (Wildman–Crippen LogP) is 2.05. The van der Waals surface area contributed by atoms with Gasteiger partial charge in [0.15, 0.2) is 0 Å². The Morgan fingerprint density at radius 3 is 2.33 bits per heavy atom. The third-order valence-corrected chi connectivity index (χ3v) is 1.99. The van der Waals surface area contributed by atoms with Gasteiger partial charge in [-0.15, -0.1) is 11.6 Å². The van der Waals surface area contributed by atoms with Crippen LogP contribution in [0.15, 0.2) is 11.8 Å². The molecule has 5 heteroatoms. The average Bonchev–Trinajstić information content (AvgIpc) is 1.82. The van der Waals surface area contributed by atoms with Crippen molar-refractivity contribution < 1.29 is 14.3 Å². The van der Waals surface area contributed by atoms with Gasteiger partial charge in [-0.25, -0.2) is 4.79 Å². The van der Waals surface area contributed by atoms with Gasteiger partial charge in [-0.05, 0) is 19.6 Å². The Kier molecular flexibility index (Phi) is 4.34. The van der Waals surface area contributed by atoms with Crippen molar-refractivity contribution in [2.45, 2.75) is 19.6 Å². The van der Waals surface area contributed by atoms with Crippen LogP contribution in [0.1, 0.15) is 0 Å². The highest BCUT2D eigenvalue weighted by Gasteiger charge is 2.17. The van der Waals surface area contributed by atoms with E-state index >= 15 is 0 Å². The van der Waals surface area contributed by atoms with E-state index < -0.39 is 14.3 Å². The highest BCUT2D eigenvalue weighted by molar-refractivity contribution is 6.70. The summed E-state index contributed by atoms with van der Waals surface area (Å²) in [4.78, 5) is 10.3. The fraction of sp³-hybridized carbons (Fsp3) is 0.571. The zero-order valence-corrected chi connectivity index (χ0v) is 9.18. The minimum absolute atomic E-state index is 0.108. The molecule has 0 spiro atoms. The second kappa shape index (κ2) is 4.52. The van der Waals surface area contributed by atoms with Crippen LogP contribution < -0.4 is 0 Å². The van der Waals surface area contributed by atoms with Crippen molar-refractivity contribution >= 4 is 25.9 Å². The van der Waals surface area contributed by atoms with Gasteiger partial charge in [-0.2, -0.15) is 0 Å². The Morgan fingerprint density at radius 1 is 1.58 bits per heavy atom. The number of hydrogen-bond donors (Lipinski definition) is 1. The van der Waals surface area contributed by atoms with E-state index in [9.17, 15) is 4.79 Å². The Morgan fingerprint density at radius 2 is 2.08 bits per heavy atom. The van der Waals surface area contributed by atoms with Crippen molar-refractivity contribution in [1.82, 2.24) is 0 Å². The minimum atomic E-state index is -1.72. The van der Waals surface area contributed by atoms with Crippen LogP contribution in [-0.4, -0.2) is 25.3 Å². The summed E-state index contributed by atoms with van der Waals surface area (Å²) in [5.74, 6) is -0.580. The van der Waals surface area contributed by atoms with Crippen molar-refractivity contribution in [3.8, 4) is 0 Å². The van der Waals surface area contributed by atoms with E-state index in [1.807, 2.05) is 19.6 Å². The van der Waals surface area contributed by atoms with E-state index in [2.05, 4.69) is 0 Å². The Balaban J connectivity index is 4.28. The van der Waals surface area contributed by atoms with Gasteiger partial charge >= 0.3 is 5.97 Å². The molecule has 1 N–H and O–H groups in total. The van der Waals surface area contributed by atoms with Crippen LogP contribution >= 0.6 is 11.6 Å². The smallest absolute Gasteiger partial charge is 0.331 e. The second-order valence-electron chi connectivity index (χ2n) is 3.30. The van der Waals surface area contributed by atoms with Crippen LogP contribution in [0.5, 0.6) is 0 Å². The molecule has 0 heterocycles. The lowest BCUT2D eigenvalue weighted by molar-refractivity contribution is -0.131. The van der Waals surface area contributed by atoms with Crippen molar-refractivity contribution in [2.24, 2.45) is 0 Å². The second-order valence-corrected chi connectivity index (χ2v) is 7.99. The first-order valence-electron chi connectivity index (χ1n) is 3.53. The summed E-state index contributed by atoms with van der Waals surface area (Å²) in [6, 6.07) is 0. The van der Waals surface area contributed by atoms with Crippen molar-refractivity contribution in [1.29, 1.82) is 0 Å². The maximum absolute atomic E-state index is 10.3. The fourth-order valence-electron chi connectivity index (χ4n) is 0.626. The molecule has 0 aliphatic heterocycles. The van der Waals surface area contributed by atoms with Gasteiger partial charge < -0.3 is 9.53 Å². The van der Waals surface area contributed by atoms with E-state index in [4.69, 9.17) is 21.1 Å². The largest absolute Gasteiger partial charge is 0.546 e. The molecular weight excluding hydrogens is 196 g/mol. The van der Waals surface area contributed by atoms with E-state index in [-0.39, 0.29) is 5.88 Å².